The molecule has 1 saturated carbocycles. The maximum absolute atomic E-state index is 12.1. The van der Waals surface area contributed by atoms with Crippen LogP contribution in [-0.4, -0.2) is 23.6 Å². The highest BCUT2D eigenvalue weighted by atomic mass is 17.3. The predicted molar refractivity (Wildman–Crippen MR) is 68.0 cm³/mol. The summed E-state index contributed by atoms with van der Waals surface area (Å²) in [6, 6.07) is 0. The Kier molecular flexibility index (Phi) is 2.58. The van der Waals surface area contributed by atoms with Crippen molar-refractivity contribution in [3.05, 3.63) is 0 Å². The number of rotatable bonds is 0. The van der Waals surface area contributed by atoms with Crippen molar-refractivity contribution in [3.8, 4) is 0 Å². The summed E-state index contributed by atoms with van der Waals surface area (Å²) in [4.78, 5) is 23.7. The molecule has 5 heteroatoms. The van der Waals surface area contributed by atoms with Gasteiger partial charge in [0, 0.05) is 18.3 Å². The van der Waals surface area contributed by atoms with E-state index < -0.39 is 17.7 Å². The van der Waals surface area contributed by atoms with Gasteiger partial charge in [-0.05, 0) is 32.1 Å². The van der Waals surface area contributed by atoms with Crippen molar-refractivity contribution in [3.63, 3.8) is 0 Å². The van der Waals surface area contributed by atoms with Crippen LogP contribution in [0.25, 0.3) is 0 Å². The quantitative estimate of drug-likeness (QED) is 0.504. The zero-order valence-electron chi connectivity index (χ0n) is 12.3. The van der Waals surface area contributed by atoms with Crippen molar-refractivity contribution in [2.75, 3.05) is 0 Å². The molecule has 20 heavy (non-hydrogen) atoms. The number of ether oxygens (including phenoxy) is 2. The van der Waals surface area contributed by atoms with E-state index in [2.05, 4.69) is 6.92 Å². The van der Waals surface area contributed by atoms with Gasteiger partial charge in [-0.25, -0.2) is 9.78 Å². The Labute approximate surface area is 118 Å². The van der Waals surface area contributed by atoms with Crippen LogP contribution >= 0.6 is 0 Å². The normalized spacial score (nSPS) is 57.8. The minimum Gasteiger partial charge on any atom is -0.432 e. The second-order valence-corrected chi connectivity index (χ2v) is 7.14. The Balaban J connectivity index is 1.84. The van der Waals surface area contributed by atoms with Gasteiger partial charge in [0.2, 0.25) is 12.1 Å². The van der Waals surface area contributed by atoms with E-state index in [-0.39, 0.29) is 17.8 Å². The molecule has 5 rings (SSSR count). The molecule has 0 aromatic heterocycles. The van der Waals surface area contributed by atoms with Gasteiger partial charge in [-0.15, -0.1) is 0 Å². The molecule has 4 heterocycles. The van der Waals surface area contributed by atoms with Crippen LogP contribution in [0.5, 0.6) is 0 Å². The van der Waals surface area contributed by atoms with Gasteiger partial charge in [-0.1, -0.05) is 13.8 Å². The fourth-order valence-electron chi connectivity index (χ4n) is 4.76. The molecule has 4 saturated heterocycles. The standard InChI is InChI=1S/C15H22O5/c1-8-4-5-11-9(2)12(16)17-13-15(11)10(8)6-7-14(3,18-13)19-20-15/h8-11,13H,4-7H2,1-3H3/t8?,9-,10+,11?,13?,14-,15-/m1/s1. The van der Waals surface area contributed by atoms with E-state index >= 15 is 0 Å². The maximum atomic E-state index is 12.1. The molecule has 0 N–H and O–H groups in total. The van der Waals surface area contributed by atoms with E-state index in [0.717, 1.165) is 25.7 Å². The summed E-state index contributed by atoms with van der Waals surface area (Å²) in [6.45, 7) is 6.06. The van der Waals surface area contributed by atoms with Crippen LogP contribution in [-0.2, 0) is 24.0 Å². The van der Waals surface area contributed by atoms with Crippen molar-refractivity contribution in [2.24, 2.45) is 23.7 Å². The number of hydrogen-bond donors (Lipinski definition) is 0. The van der Waals surface area contributed by atoms with Crippen molar-refractivity contribution in [1.29, 1.82) is 0 Å². The zero-order chi connectivity index (χ0) is 14.1. The van der Waals surface area contributed by atoms with Crippen LogP contribution in [0.2, 0.25) is 0 Å². The summed E-state index contributed by atoms with van der Waals surface area (Å²) in [6.07, 6.45) is 3.24. The molecule has 5 fully saturated rings. The third-order valence-corrected chi connectivity index (χ3v) is 5.97. The van der Waals surface area contributed by atoms with Crippen LogP contribution in [0.15, 0.2) is 0 Å². The van der Waals surface area contributed by atoms with Crippen LogP contribution in [0, 0.1) is 23.7 Å². The Bertz CT molecular complexity index is 452. The fourth-order valence-corrected chi connectivity index (χ4v) is 4.76. The highest BCUT2D eigenvalue weighted by Crippen LogP contribution is 2.59. The number of hydrogen-bond acceptors (Lipinski definition) is 5. The van der Waals surface area contributed by atoms with Gasteiger partial charge in [0.05, 0.1) is 5.92 Å². The molecular formula is C15H22O5. The second-order valence-electron chi connectivity index (χ2n) is 7.14. The van der Waals surface area contributed by atoms with Gasteiger partial charge >= 0.3 is 5.97 Å². The van der Waals surface area contributed by atoms with Crippen LogP contribution < -0.4 is 0 Å². The lowest BCUT2D eigenvalue weighted by atomic mass is 9.58. The summed E-state index contributed by atoms with van der Waals surface area (Å²) in [5.74, 6) is -0.137. The Morgan fingerprint density at radius 1 is 1.10 bits per heavy atom. The number of carbonyl (C=O) groups excluding carboxylic acids is 1. The fraction of sp³-hybridized carbons (Fsp3) is 0.933. The molecule has 7 atom stereocenters. The molecule has 0 aromatic carbocycles. The highest BCUT2D eigenvalue weighted by molar-refractivity contribution is 5.74. The minimum absolute atomic E-state index is 0.123. The van der Waals surface area contributed by atoms with E-state index in [9.17, 15) is 4.79 Å². The molecule has 0 aromatic rings. The molecule has 1 aliphatic carbocycles. The van der Waals surface area contributed by atoms with Crippen LogP contribution in [0.4, 0.5) is 0 Å². The monoisotopic (exact) mass is 282 g/mol. The minimum atomic E-state index is -0.793. The third-order valence-electron chi connectivity index (χ3n) is 5.97. The van der Waals surface area contributed by atoms with E-state index in [1.54, 1.807) is 0 Å². The number of esters is 1. The smallest absolute Gasteiger partial charge is 0.311 e. The highest BCUT2D eigenvalue weighted by Gasteiger charge is 2.69. The van der Waals surface area contributed by atoms with E-state index in [1.807, 2.05) is 13.8 Å². The lowest BCUT2D eigenvalue weighted by Crippen LogP contribution is -2.69. The molecule has 112 valence electrons. The van der Waals surface area contributed by atoms with E-state index in [1.165, 1.54) is 0 Å². The summed E-state index contributed by atoms with van der Waals surface area (Å²) in [7, 11) is 0. The van der Waals surface area contributed by atoms with Crippen molar-refractivity contribution in [1.82, 2.24) is 0 Å². The first-order chi connectivity index (χ1) is 9.46. The van der Waals surface area contributed by atoms with Gasteiger partial charge in [0.15, 0.2) is 5.60 Å². The Hall–Kier alpha value is -0.650. The van der Waals surface area contributed by atoms with Crippen LogP contribution in [0.1, 0.15) is 46.5 Å². The first-order valence-electron chi connectivity index (χ1n) is 7.71. The van der Waals surface area contributed by atoms with Crippen molar-refractivity contribution >= 4 is 5.97 Å². The topological polar surface area (TPSA) is 54.0 Å². The van der Waals surface area contributed by atoms with Gasteiger partial charge in [0.25, 0.3) is 0 Å². The summed E-state index contributed by atoms with van der Waals surface area (Å²) >= 11 is 0. The summed E-state index contributed by atoms with van der Waals surface area (Å²) in [5, 5.41) is 0. The lowest BCUT2D eigenvalue weighted by Gasteiger charge is -2.57. The molecule has 5 aliphatic rings. The predicted octanol–water partition coefficient (Wildman–Crippen LogP) is 2.39. The van der Waals surface area contributed by atoms with Crippen LogP contribution in [0.3, 0.4) is 0 Å². The lowest BCUT2D eigenvalue weighted by molar-refractivity contribution is -0.559. The van der Waals surface area contributed by atoms with E-state index in [4.69, 9.17) is 19.2 Å². The van der Waals surface area contributed by atoms with E-state index in [0.29, 0.717) is 11.8 Å². The molecule has 0 amide bonds. The third kappa shape index (κ3) is 1.46. The molecular weight excluding hydrogens is 260 g/mol. The first kappa shape index (κ1) is 13.0. The van der Waals surface area contributed by atoms with Gasteiger partial charge in [0.1, 0.15) is 0 Å². The van der Waals surface area contributed by atoms with Crippen molar-refractivity contribution in [2.45, 2.75) is 64.1 Å². The number of carbonyl (C=O) groups is 1. The molecule has 5 nitrogen and oxygen atoms in total. The van der Waals surface area contributed by atoms with Gasteiger partial charge in [-0.2, -0.15) is 0 Å². The molecule has 1 spiro atoms. The number of fused-ring (bicyclic) bond motifs is 2. The Morgan fingerprint density at radius 3 is 2.70 bits per heavy atom. The summed E-state index contributed by atoms with van der Waals surface area (Å²) < 4.78 is 11.6. The molecule has 2 bridgehead atoms. The largest absolute Gasteiger partial charge is 0.432 e. The molecule has 3 unspecified atom stereocenters. The Morgan fingerprint density at radius 2 is 1.90 bits per heavy atom. The van der Waals surface area contributed by atoms with Crippen molar-refractivity contribution < 1.29 is 24.0 Å². The average Bonchev–Trinajstić information content (AvgIpc) is 2.63. The SMILES string of the molecule is CC1CCC2[C@@H](C)C(=O)OC3O[C@@]4(C)CC[C@@H]1[C@]32OO4. The maximum Gasteiger partial charge on any atom is 0.311 e. The first-order valence-corrected chi connectivity index (χ1v) is 7.71. The zero-order valence-corrected chi connectivity index (χ0v) is 12.3. The second kappa shape index (κ2) is 3.96. The average molecular weight is 282 g/mol. The summed E-state index contributed by atoms with van der Waals surface area (Å²) in [5.41, 5.74) is -0.610. The van der Waals surface area contributed by atoms with Gasteiger partial charge in [-0.3, -0.25) is 4.79 Å². The molecule has 0 radical (unpaired) electrons. The van der Waals surface area contributed by atoms with Gasteiger partial charge < -0.3 is 9.47 Å². The molecule has 4 aliphatic heterocycles.